The van der Waals surface area contributed by atoms with Crippen molar-refractivity contribution in [2.45, 2.75) is 25.3 Å². The number of rotatable bonds is 1. The fourth-order valence-electron chi connectivity index (χ4n) is 1.19. The van der Waals surface area contributed by atoms with Gasteiger partial charge >= 0.3 is 0 Å². The zero-order valence-electron chi connectivity index (χ0n) is 5.25. The van der Waals surface area contributed by atoms with Crippen LogP contribution in [0.4, 0.5) is 0 Å². The van der Waals surface area contributed by atoms with Crippen molar-refractivity contribution in [3.05, 3.63) is 0 Å². The summed E-state index contributed by atoms with van der Waals surface area (Å²) in [5.41, 5.74) is 5.56. The maximum absolute atomic E-state index is 10.1. The molecule has 0 aromatic heterocycles. The van der Waals surface area contributed by atoms with Crippen molar-refractivity contribution in [2.75, 3.05) is 0 Å². The molecule has 9 heavy (non-hydrogen) atoms. The predicted octanol–water partition coefficient (Wildman–Crippen LogP) is 0.734. The Labute approximate surface area is 61.2 Å². The quantitative estimate of drug-likeness (QED) is 0.559. The molecular weight excluding hydrogens is 138 g/mol. The first-order valence-corrected chi connectivity index (χ1v) is 3.05. The maximum atomic E-state index is 10.1. The smallest absolute Gasteiger partial charge is 0.124 e. The summed E-state index contributed by atoms with van der Waals surface area (Å²) < 4.78 is 0. The first-order chi connectivity index (χ1) is 3.84. The lowest BCUT2D eigenvalue weighted by Gasteiger charge is -2.04. The van der Waals surface area contributed by atoms with Crippen LogP contribution in [0.3, 0.4) is 0 Å². The predicted molar refractivity (Wildman–Crippen MR) is 38.6 cm³/mol. The van der Waals surface area contributed by atoms with Crippen LogP contribution in [0.2, 0.25) is 0 Å². The van der Waals surface area contributed by atoms with E-state index in [1.807, 2.05) is 0 Å². The normalized spacial score (nSPS) is 33.4. The summed E-state index contributed by atoms with van der Waals surface area (Å²) in [6.45, 7) is 0. The Balaban J connectivity index is 0.000000640. The van der Waals surface area contributed by atoms with Crippen LogP contribution in [-0.2, 0) is 4.79 Å². The topological polar surface area (TPSA) is 43.1 Å². The molecule has 0 bridgehead atoms. The van der Waals surface area contributed by atoms with Crippen LogP contribution in [0.15, 0.2) is 0 Å². The summed E-state index contributed by atoms with van der Waals surface area (Å²) in [4.78, 5) is 10.1. The molecule has 54 valence electrons. The van der Waals surface area contributed by atoms with Crippen molar-refractivity contribution < 1.29 is 4.79 Å². The van der Waals surface area contributed by atoms with Gasteiger partial charge in [-0.2, -0.15) is 0 Å². The van der Waals surface area contributed by atoms with Gasteiger partial charge in [0.2, 0.25) is 0 Å². The van der Waals surface area contributed by atoms with E-state index >= 15 is 0 Å². The summed E-state index contributed by atoms with van der Waals surface area (Å²) in [5.74, 6) is 0.162. The van der Waals surface area contributed by atoms with Crippen molar-refractivity contribution in [2.24, 2.45) is 11.7 Å². The lowest BCUT2D eigenvalue weighted by molar-refractivity contribution is -0.111. The molecule has 2 N–H and O–H groups in total. The second-order valence-corrected chi connectivity index (χ2v) is 2.39. The highest BCUT2D eigenvalue weighted by molar-refractivity contribution is 5.85. The lowest BCUT2D eigenvalue weighted by atomic mass is 10.1. The van der Waals surface area contributed by atoms with Crippen molar-refractivity contribution in [1.82, 2.24) is 0 Å². The second kappa shape index (κ2) is 3.85. The SMILES string of the molecule is Cl.N[C@@H]1CCC[C@@H]1C=O. The van der Waals surface area contributed by atoms with Gasteiger partial charge in [-0.15, -0.1) is 12.4 Å². The van der Waals surface area contributed by atoms with Gasteiger partial charge in [0.05, 0.1) is 0 Å². The van der Waals surface area contributed by atoms with E-state index in [4.69, 9.17) is 5.73 Å². The van der Waals surface area contributed by atoms with Crippen LogP contribution in [0.1, 0.15) is 19.3 Å². The highest BCUT2D eigenvalue weighted by atomic mass is 35.5. The van der Waals surface area contributed by atoms with Crippen molar-refractivity contribution >= 4 is 18.7 Å². The average Bonchev–Trinajstić information content (AvgIpc) is 2.14. The molecule has 0 saturated heterocycles. The molecule has 1 aliphatic rings. The molecule has 1 saturated carbocycles. The first kappa shape index (κ1) is 8.92. The van der Waals surface area contributed by atoms with Gasteiger partial charge in [0.15, 0.2) is 0 Å². The molecule has 0 unspecified atom stereocenters. The Bertz CT molecular complexity index is 97.1. The van der Waals surface area contributed by atoms with Crippen molar-refractivity contribution in [3.63, 3.8) is 0 Å². The molecule has 2 atom stereocenters. The minimum absolute atomic E-state index is 0. The molecule has 1 fully saturated rings. The highest BCUT2D eigenvalue weighted by Crippen LogP contribution is 2.21. The molecule has 1 aliphatic carbocycles. The number of nitrogens with two attached hydrogens (primary N) is 1. The number of hydrogen-bond donors (Lipinski definition) is 1. The number of halogens is 1. The molecule has 0 radical (unpaired) electrons. The lowest BCUT2D eigenvalue weighted by Crippen LogP contribution is -2.24. The van der Waals surface area contributed by atoms with Gasteiger partial charge in [0, 0.05) is 12.0 Å². The summed E-state index contributed by atoms with van der Waals surface area (Å²) >= 11 is 0. The van der Waals surface area contributed by atoms with Gasteiger partial charge in [-0.1, -0.05) is 6.42 Å². The van der Waals surface area contributed by atoms with Gasteiger partial charge in [0.1, 0.15) is 6.29 Å². The van der Waals surface area contributed by atoms with Crippen LogP contribution in [0.25, 0.3) is 0 Å². The van der Waals surface area contributed by atoms with Gasteiger partial charge < -0.3 is 10.5 Å². The minimum Gasteiger partial charge on any atom is -0.327 e. The molecule has 0 amide bonds. The van der Waals surface area contributed by atoms with Crippen molar-refractivity contribution in [1.29, 1.82) is 0 Å². The fourth-order valence-corrected chi connectivity index (χ4v) is 1.19. The molecular formula is C6H12ClNO. The second-order valence-electron chi connectivity index (χ2n) is 2.39. The highest BCUT2D eigenvalue weighted by Gasteiger charge is 2.22. The summed E-state index contributed by atoms with van der Waals surface area (Å²) in [6, 6.07) is 0.160. The molecule has 0 spiro atoms. The largest absolute Gasteiger partial charge is 0.327 e. The molecule has 0 aromatic carbocycles. The molecule has 0 aliphatic heterocycles. The number of carbonyl (C=O) groups excluding carboxylic acids is 1. The average molecular weight is 150 g/mol. The summed E-state index contributed by atoms with van der Waals surface area (Å²) in [7, 11) is 0. The zero-order valence-corrected chi connectivity index (χ0v) is 6.06. The van der Waals surface area contributed by atoms with E-state index in [0.29, 0.717) is 0 Å². The van der Waals surface area contributed by atoms with Crippen LogP contribution >= 0.6 is 12.4 Å². The number of hydrogen-bond acceptors (Lipinski definition) is 2. The Morgan fingerprint density at radius 1 is 1.44 bits per heavy atom. The molecule has 0 heterocycles. The van der Waals surface area contributed by atoms with Gasteiger partial charge in [0.25, 0.3) is 0 Å². The van der Waals surface area contributed by atoms with Crippen LogP contribution in [0.5, 0.6) is 0 Å². The van der Waals surface area contributed by atoms with E-state index in [1.54, 1.807) is 0 Å². The Morgan fingerprint density at radius 3 is 2.33 bits per heavy atom. The van der Waals surface area contributed by atoms with E-state index in [9.17, 15) is 4.79 Å². The van der Waals surface area contributed by atoms with E-state index < -0.39 is 0 Å². The third-order valence-electron chi connectivity index (χ3n) is 1.80. The minimum atomic E-state index is 0. The van der Waals surface area contributed by atoms with Crippen molar-refractivity contribution in [3.8, 4) is 0 Å². The van der Waals surface area contributed by atoms with Gasteiger partial charge in [-0.05, 0) is 12.8 Å². The van der Waals surface area contributed by atoms with E-state index in [1.165, 1.54) is 0 Å². The molecule has 2 nitrogen and oxygen atoms in total. The van der Waals surface area contributed by atoms with Gasteiger partial charge in [-0.25, -0.2) is 0 Å². The molecule has 0 aromatic rings. The fraction of sp³-hybridized carbons (Fsp3) is 0.833. The van der Waals surface area contributed by atoms with E-state index in [-0.39, 0.29) is 24.4 Å². The summed E-state index contributed by atoms with van der Waals surface area (Å²) in [6.07, 6.45) is 4.15. The van der Waals surface area contributed by atoms with E-state index in [0.717, 1.165) is 25.5 Å². The number of aldehydes is 1. The molecule has 1 rings (SSSR count). The van der Waals surface area contributed by atoms with E-state index in [2.05, 4.69) is 0 Å². The third-order valence-corrected chi connectivity index (χ3v) is 1.80. The summed E-state index contributed by atoms with van der Waals surface area (Å²) in [5, 5.41) is 0. The van der Waals surface area contributed by atoms with Crippen LogP contribution in [0, 0.1) is 5.92 Å². The number of carbonyl (C=O) groups is 1. The Morgan fingerprint density at radius 2 is 2.11 bits per heavy atom. The zero-order chi connectivity index (χ0) is 5.98. The Hall–Kier alpha value is -0.0800. The van der Waals surface area contributed by atoms with Gasteiger partial charge in [-0.3, -0.25) is 0 Å². The standard InChI is InChI=1S/C6H11NO.ClH/c7-6-3-1-2-5(6)4-8;/h4-6H,1-3,7H2;1H/t5-,6-;/m1./s1. The van der Waals surface area contributed by atoms with Crippen LogP contribution < -0.4 is 5.73 Å². The Kier molecular flexibility index (Phi) is 3.82. The first-order valence-electron chi connectivity index (χ1n) is 3.05. The monoisotopic (exact) mass is 149 g/mol. The maximum Gasteiger partial charge on any atom is 0.124 e. The molecule has 3 heteroatoms. The van der Waals surface area contributed by atoms with Crippen LogP contribution in [-0.4, -0.2) is 12.3 Å². The third kappa shape index (κ3) is 1.95.